The van der Waals surface area contributed by atoms with Gasteiger partial charge in [-0.05, 0) is 67.7 Å². The number of nitrogens with zero attached hydrogens (tertiary/aromatic N) is 1. The van der Waals surface area contributed by atoms with Gasteiger partial charge >= 0.3 is 11.8 Å². The van der Waals surface area contributed by atoms with Crippen molar-refractivity contribution in [3.63, 3.8) is 0 Å². The van der Waals surface area contributed by atoms with Gasteiger partial charge in [0.2, 0.25) is 0 Å². The highest BCUT2D eigenvalue weighted by Gasteiger charge is 2.24. The smallest absolute Gasteiger partial charge is 0.404 e. The average Bonchev–Trinajstić information content (AvgIpc) is 2.62. The van der Waals surface area contributed by atoms with Crippen LogP contribution in [0.2, 0.25) is 5.02 Å². The molecular formula is C26H40ClN3O4. The number of carbonyl (C=O) groups is 1. The molecule has 1 aromatic carbocycles. The number of aromatic amines is 1. The van der Waals surface area contributed by atoms with Gasteiger partial charge in [-0.2, -0.15) is 0 Å². The molecule has 0 aliphatic heterocycles. The molecule has 0 fully saturated rings. The van der Waals surface area contributed by atoms with Crippen molar-refractivity contribution in [2.75, 3.05) is 0 Å². The van der Waals surface area contributed by atoms with Gasteiger partial charge in [-0.25, -0.2) is 9.59 Å². The van der Waals surface area contributed by atoms with E-state index in [1.54, 1.807) is 27.7 Å². The Bertz CT molecular complexity index is 1120. The summed E-state index contributed by atoms with van der Waals surface area (Å²) in [4.78, 5) is 36.4. The van der Waals surface area contributed by atoms with Crippen molar-refractivity contribution in [1.82, 2.24) is 14.9 Å². The average molecular weight is 494 g/mol. The first-order valence-electron chi connectivity index (χ1n) is 11.3. The molecule has 0 saturated carbocycles. The molecule has 1 amide bonds. The van der Waals surface area contributed by atoms with Crippen molar-refractivity contribution in [2.24, 2.45) is 0 Å². The van der Waals surface area contributed by atoms with Crippen molar-refractivity contribution in [3.05, 3.63) is 65.9 Å². The number of amides is 1. The van der Waals surface area contributed by atoms with E-state index in [1.165, 1.54) is 16.7 Å². The zero-order chi connectivity index (χ0) is 26.8. The van der Waals surface area contributed by atoms with E-state index in [4.69, 9.17) is 16.7 Å². The third-order valence-electron chi connectivity index (χ3n) is 5.42. The van der Waals surface area contributed by atoms with Crippen LogP contribution < -0.4 is 16.6 Å². The Hall–Kier alpha value is -2.54. The van der Waals surface area contributed by atoms with Gasteiger partial charge in [-0.3, -0.25) is 9.36 Å². The molecule has 3 N–H and O–H groups in total. The number of aromatic nitrogens is 2. The second-order valence-corrected chi connectivity index (χ2v) is 12.0. The van der Waals surface area contributed by atoms with Crippen LogP contribution in [0.5, 0.6) is 0 Å². The van der Waals surface area contributed by atoms with E-state index in [1.807, 2.05) is 0 Å². The number of hydrogen-bond donors (Lipinski definition) is 3. The topological polar surface area (TPSA) is 104 Å². The number of H-pyrrole nitrogens is 1. The van der Waals surface area contributed by atoms with Gasteiger partial charge in [0.15, 0.2) is 0 Å². The SMILES string of the molecule is Cc1[nH]c(=O)n(C(C)(C)C)c(=O)c1Cl.Cc1c(C(C)(C)C)cc(CNC(=O)O)cc1C(C)(C)C. The number of halogens is 1. The number of benzene rings is 1. The van der Waals surface area contributed by atoms with Crippen LogP contribution in [-0.2, 0) is 22.9 Å². The minimum Gasteiger partial charge on any atom is -0.465 e. The molecule has 190 valence electrons. The lowest BCUT2D eigenvalue weighted by atomic mass is 9.76. The Morgan fingerprint density at radius 1 is 0.971 bits per heavy atom. The lowest BCUT2D eigenvalue weighted by molar-refractivity contribution is 0.194. The largest absolute Gasteiger partial charge is 0.465 e. The van der Waals surface area contributed by atoms with Crippen molar-refractivity contribution < 1.29 is 9.90 Å². The number of carboxylic acid groups (broad SMARTS) is 1. The Balaban J connectivity index is 0.000000362. The standard InChI is InChI=1S/C17H27NO2.C9H13ClN2O2/c1-11-13(16(2,3)4)8-12(10-18-15(19)20)9-14(11)17(5,6)7;1-5-6(10)7(13)12(8(14)11-5)9(2,3)4/h8-9,18H,10H2,1-7H3,(H,19,20);1-4H3,(H,11,14). The molecular weight excluding hydrogens is 454 g/mol. The molecule has 0 radical (unpaired) electrons. The van der Waals surface area contributed by atoms with Crippen molar-refractivity contribution in [1.29, 1.82) is 0 Å². The highest BCUT2D eigenvalue weighted by atomic mass is 35.5. The first-order chi connectivity index (χ1) is 15.2. The van der Waals surface area contributed by atoms with Gasteiger partial charge in [0, 0.05) is 17.8 Å². The molecule has 1 heterocycles. The van der Waals surface area contributed by atoms with Gasteiger partial charge in [0.25, 0.3) is 5.56 Å². The first kappa shape index (κ1) is 29.5. The molecule has 34 heavy (non-hydrogen) atoms. The van der Waals surface area contributed by atoms with Crippen LogP contribution in [0, 0.1) is 13.8 Å². The van der Waals surface area contributed by atoms with Crippen LogP contribution in [0.1, 0.15) is 90.3 Å². The monoisotopic (exact) mass is 493 g/mol. The maximum Gasteiger partial charge on any atom is 0.404 e. The fraction of sp³-hybridized carbons (Fsp3) is 0.577. The zero-order valence-electron chi connectivity index (χ0n) is 22.4. The Morgan fingerprint density at radius 3 is 1.76 bits per heavy atom. The summed E-state index contributed by atoms with van der Waals surface area (Å²) >= 11 is 5.76. The molecule has 2 aromatic rings. The maximum atomic E-state index is 11.7. The summed E-state index contributed by atoms with van der Waals surface area (Å²) < 4.78 is 1.11. The Kier molecular flexibility index (Phi) is 9.01. The van der Waals surface area contributed by atoms with E-state index in [9.17, 15) is 14.4 Å². The summed E-state index contributed by atoms with van der Waals surface area (Å²) in [5.74, 6) is 0. The molecule has 2 rings (SSSR count). The molecule has 0 atom stereocenters. The van der Waals surface area contributed by atoms with E-state index in [0.717, 1.165) is 10.1 Å². The van der Waals surface area contributed by atoms with Gasteiger partial charge in [0.05, 0.1) is 0 Å². The molecule has 1 aromatic heterocycles. The maximum absolute atomic E-state index is 11.7. The van der Waals surface area contributed by atoms with Crippen molar-refractivity contribution >= 4 is 17.7 Å². The third kappa shape index (κ3) is 7.49. The quantitative estimate of drug-likeness (QED) is 0.505. The van der Waals surface area contributed by atoms with Crippen LogP contribution in [0.3, 0.4) is 0 Å². The molecule has 0 spiro atoms. The molecule has 8 heteroatoms. The highest BCUT2D eigenvalue weighted by molar-refractivity contribution is 6.30. The normalized spacial score (nSPS) is 12.1. The summed E-state index contributed by atoms with van der Waals surface area (Å²) in [5, 5.41) is 11.3. The first-order valence-corrected chi connectivity index (χ1v) is 11.7. The molecule has 0 unspecified atom stereocenters. The van der Waals surface area contributed by atoms with Gasteiger partial charge in [-0.15, -0.1) is 0 Å². The Labute approximate surface area is 207 Å². The Morgan fingerprint density at radius 2 is 1.41 bits per heavy atom. The second-order valence-electron chi connectivity index (χ2n) is 11.7. The van der Waals surface area contributed by atoms with Crippen LogP contribution >= 0.6 is 11.6 Å². The van der Waals surface area contributed by atoms with Crippen molar-refractivity contribution in [3.8, 4) is 0 Å². The summed E-state index contributed by atoms with van der Waals surface area (Å²) in [6, 6.07) is 4.25. The predicted octanol–water partition coefficient (Wildman–Crippen LogP) is 5.61. The minimum absolute atomic E-state index is 0.0450. The predicted molar refractivity (Wildman–Crippen MR) is 140 cm³/mol. The minimum atomic E-state index is -0.986. The van der Waals surface area contributed by atoms with Gasteiger partial charge < -0.3 is 15.4 Å². The molecule has 7 nitrogen and oxygen atoms in total. The molecule has 0 aliphatic rings. The fourth-order valence-electron chi connectivity index (χ4n) is 3.84. The van der Waals surface area contributed by atoms with E-state index < -0.39 is 22.9 Å². The van der Waals surface area contributed by atoms with E-state index in [0.29, 0.717) is 12.2 Å². The van der Waals surface area contributed by atoms with Crippen LogP contribution in [0.25, 0.3) is 0 Å². The van der Waals surface area contributed by atoms with E-state index >= 15 is 0 Å². The number of aryl methyl sites for hydroxylation is 1. The number of rotatable bonds is 2. The lowest BCUT2D eigenvalue weighted by Crippen LogP contribution is -2.45. The van der Waals surface area contributed by atoms with Crippen molar-refractivity contribution in [2.45, 2.75) is 99.1 Å². The summed E-state index contributed by atoms with van der Waals surface area (Å²) in [6.45, 7) is 22.6. The van der Waals surface area contributed by atoms with E-state index in [2.05, 4.69) is 70.9 Å². The second kappa shape index (κ2) is 10.4. The lowest BCUT2D eigenvalue weighted by Gasteiger charge is -2.29. The van der Waals surface area contributed by atoms with Gasteiger partial charge in [0.1, 0.15) is 5.02 Å². The van der Waals surface area contributed by atoms with Crippen LogP contribution in [0.15, 0.2) is 21.7 Å². The van der Waals surface area contributed by atoms with E-state index in [-0.39, 0.29) is 15.9 Å². The summed E-state index contributed by atoms with van der Waals surface area (Å²) in [5.41, 5.74) is 3.96. The van der Waals surface area contributed by atoms with Gasteiger partial charge in [-0.1, -0.05) is 65.3 Å². The highest BCUT2D eigenvalue weighted by Crippen LogP contribution is 2.34. The van der Waals surface area contributed by atoms with Crippen LogP contribution in [-0.4, -0.2) is 20.8 Å². The zero-order valence-corrected chi connectivity index (χ0v) is 23.1. The van der Waals surface area contributed by atoms with Crippen LogP contribution in [0.4, 0.5) is 4.79 Å². The number of nitrogens with one attached hydrogen (secondary N) is 2. The summed E-state index contributed by atoms with van der Waals surface area (Å²) in [6.07, 6.45) is -0.986. The molecule has 0 aliphatic carbocycles. The third-order valence-corrected chi connectivity index (χ3v) is 5.86. The molecule has 0 saturated heterocycles. The molecule has 0 bridgehead atoms. The fourth-order valence-corrected chi connectivity index (χ4v) is 3.97. The number of hydrogen-bond acceptors (Lipinski definition) is 3. The summed E-state index contributed by atoms with van der Waals surface area (Å²) in [7, 11) is 0.